The Balaban J connectivity index is 1.50. The molecule has 1 heterocycles. The fraction of sp³-hybridized carbons (Fsp3) is 0.308. The second-order valence-electron chi connectivity index (χ2n) is 8.58. The van der Waals surface area contributed by atoms with Gasteiger partial charge in [-0.3, -0.25) is 29.3 Å². The number of hydrogen-bond acceptors (Lipinski definition) is 7. The van der Waals surface area contributed by atoms with Gasteiger partial charge >= 0.3 is 5.97 Å². The van der Waals surface area contributed by atoms with Crippen molar-refractivity contribution in [2.75, 3.05) is 31.5 Å². The van der Waals surface area contributed by atoms with E-state index in [-0.39, 0.29) is 24.9 Å². The van der Waals surface area contributed by atoms with E-state index in [0.717, 1.165) is 5.56 Å². The first-order valence-corrected chi connectivity index (χ1v) is 11.7. The maximum atomic E-state index is 12.3. The third-order valence-corrected chi connectivity index (χ3v) is 5.94. The van der Waals surface area contributed by atoms with Gasteiger partial charge in [-0.05, 0) is 74.5 Å². The van der Waals surface area contributed by atoms with E-state index in [1.165, 1.54) is 5.48 Å². The number of benzene rings is 2. The average Bonchev–Trinajstić information content (AvgIpc) is 2.91. The predicted molar refractivity (Wildman–Crippen MR) is 135 cm³/mol. The number of hydrogen-bond donors (Lipinski definition) is 6. The van der Waals surface area contributed by atoms with Gasteiger partial charge in [0.05, 0.1) is 12.5 Å². The molecule has 3 rings (SSSR count). The quantitative estimate of drug-likeness (QED) is 0.169. The summed E-state index contributed by atoms with van der Waals surface area (Å²) in [4.78, 5) is 49.0. The van der Waals surface area contributed by atoms with Crippen LogP contribution in [0.25, 0.3) is 0 Å². The Hall–Kier alpha value is -4.24. The van der Waals surface area contributed by atoms with Crippen LogP contribution in [0.4, 0.5) is 5.69 Å². The summed E-state index contributed by atoms with van der Waals surface area (Å²) >= 11 is 0. The minimum absolute atomic E-state index is 0.161. The molecule has 0 aromatic heterocycles. The topological polar surface area (TPSA) is 174 Å². The van der Waals surface area contributed by atoms with Crippen LogP contribution < -0.4 is 21.8 Å². The Labute approximate surface area is 214 Å². The van der Waals surface area contributed by atoms with Gasteiger partial charge in [0, 0.05) is 28.9 Å². The van der Waals surface area contributed by atoms with Gasteiger partial charge in [-0.25, -0.2) is 5.48 Å². The van der Waals surface area contributed by atoms with E-state index in [2.05, 4.69) is 22.5 Å². The van der Waals surface area contributed by atoms with Gasteiger partial charge in [0.2, 0.25) is 5.91 Å². The Morgan fingerprint density at radius 1 is 0.973 bits per heavy atom. The van der Waals surface area contributed by atoms with Gasteiger partial charge in [0.15, 0.2) is 0 Å². The van der Waals surface area contributed by atoms with Crippen LogP contribution in [0.15, 0.2) is 48.5 Å². The van der Waals surface area contributed by atoms with Gasteiger partial charge in [-0.15, -0.1) is 0 Å². The van der Waals surface area contributed by atoms with Crippen molar-refractivity contribution in [3.8, 4) is 11.8 Å². The van der Waals surface area contributed by atoms with Crippen molar-refractivity contribution < 1.29 is 29.5 Å². The van der Waals surface area contributed by atoms with Crippen LogP contribution in [-0.2, 0) is 14.4 Å². The molecule has 2 aromatic rings. The number of nitrogens with zero attached hydrogens (tertiary/aromatic N) is 1. The highest BCUT2D eigenvalue weighted by atomic mass is 16.5. The first kappa shape index (κ1) is 27.3. The summed E-state index contributed by atoms with van der Waals surface area (Å²) in [5, 5.41) is 23.0. The molecule has 3 amide bonds. The molecule has 1 saturated heterocycles. The van der Waals surface area contributed by atoms with Crippen molar-refractivity contribution >= 4 is 29.4 Å². The summed E-state index contributed by atoms with van der Waals surface area (Å²) in [5.74, 6) is 3.43. The number of aliphatic carboxylic acids is 1. The van der Waals surface area contributed by atoms with Crippen LogP contribution in [0.1, 0.15) is 34.3 Å². The molecule has 0 aliphatic carbocycles. The van der Waals surface area contributed by atoms with E-state index in [4.69, 9.17) is 16.0 Å². The first-order valence-electron chi connectivity index (χ1n) is 11.7. The monoisotopic (exact) mass is 507 g/mol. The van der Waals surface area contributed by atoms with Gasteiger partial charge in [0.25, 0.3) is 11.8 Å². The smallest absolute Gasteiger partial charge is 0.306 e. The number of nitrogens with one attached hydrogen (secondary N) is 3. The maximum Gasteiger partial charge on any atom is 0.306 e. The number of hydroxylamine groups is 1. The number of carboxylic acid groups (broad SMARTS) is 1. The van der Waals surface area contributed by atoms with Gasteiger partial charge in [0.1, 0.15) is 6.04 Å². The van der Waals surface area contributed by atoms with E-state index < -0.39 is 23.8 Å². The van der Waals surface area contributed by atoms with E-state index in [9.17, 15) is 19.2 Å². The highest BCUT2D eigenvalue weighted by Crippen LogP contribution is 2.17. The van der Waals surface area contributed by atoms with Crippen LogP contribution in [0.3, 0.4) is 0 Å². The van der Waals surface area contributed by atoms with E-state index >= 15 is 0 Å². The van der Waals surface area contributed by atoms with E-state index in [1.807, 2.05) is 4.90 Å². The Kier molecular flexibility index (Phi) is 9.74. The highest BCUT2D eigenvalue weighted by Gasteiger charge is 2.25. The lowest BCUT2D eigenvalue weighted by molar-refractivity contribution is -0.143. The normalized spacial score (nSPS) is 14.5. The molecule has 0 radical (unpaired) electrons. The molecule has 1 aliphatic rings. The van der Waals surface area contributed by atoms with Crippen molar-refractivity contribution in [1.82, 2.24) is 15.7 Å². The summed E-state index contributed by atoms with van der Waals surface area (Å²) in [7, 11) is 0. The molecule has 2 aromatic carbocycles. The molecule has 7 N–H and O–H groups in total. The molecule has 1 fully saturated rings. The average molecular weight is 508 g/mol. The summed E-state index contributed by atoms with van der Waals surface area (Å²) in [6.07, 6.45) is 1.09. The molecular formula is C26H29N5O6. The fourth-order valence-corrected chi connectivity index (χ4v) is 3.78. The van der Waals surface area contributed by atoms with Crippen molar-refractivity contribution in [2.45, 2.75) is 18.9 Å². The molecular weight excluding hydrogens is 478 g/mol. The zero-order valence-electron chi connectivity index (χ0n) is 20.1. The molecule has 0 saturated carbocycles. The Morgan fingerprint density at radius 2 is 1.54 bits per heavy atom. The number of carbonyl (C=O) groups excluding carboxylic acids is 3. The maximum absolute atomic E-state index is 12.3. The number of nitrogens with two attached hydrogens (primary N) is 1. The van der Waals surface area contributed by atoms with Crippen molar-refractivity contribution in [3.63, 3.8) is 0 Å². The van der Waals surface area contributed by atoms with E-state index in [1.54, 1.807) is 48.5 Å². The van der Waals surface area contributed by atoms with Crippen molar-refractivity contribution in [1.29, 1.82) is 0 Å². The Morgan fingerprint density at radius 3 is 2.05 bits per heavy atom. The molecule has 0 bridgehead atoms. The van der Waals surface area contributed by atoms with Crippen molar-refractivity contribution in [2.24, 2.45) is 11.7 Å². The molecule has 0 spiro atoms. The summed E-state index contributed by atoms with van der Waals surface area (Å²) < 4.78 is 0. The third-order valence-electron chi connectivity index (χ3n) is 5.94. The minimum Gasteiger partial charge on any atom is -0.481 e. The van der Waals surface area contributed by atoms with Gasteiger partial charge in [-0.2, -0.15) is 0 Å². The fourth-order valence-electron chi connectivity index (χ4n) is 3.78. The third kappa shape index (κ3) is 8.15. The molecule has 11 nitrogen and oxygen atoms in total. The summed E-state index contributed by atoms with van der Waals surface area (Å²) in [6.45, 7) is 1.21. The van der Waals surface area contributed by atoms with Gasteiger partial charge in [-0.1, -0.05) is 11.8 Å². The number of carbonyl (C=O) groups is 4. The lowest BCUT2D eigenvalue weighted by Gasteiger charge is -2.29. The van der Waals surface area contributed by atoms with Crippen LogP contribution in [0, 0.1) is 17.8 Å². The molecule has 1 aliphatic heterocycles. The summed E-state index contributed by atoms with van der Waals surface area (Å²) in [5.41, 5.74) is 9.24. The molecule has 11 heteroatoms. The number of amides is 3. The lowest BCUT2D eigenvalue weighted by atomic mass is 9.97. The van der Waals surface area contributed by atoms with Crippen LogP contribution in [0.2, 0.25) is 0 Å². The summed E-state index contributed by atoms with van der Waals surface area (Å²) in [6, 6.07) is 12.5. The number of anilines is 1. The number of likely N-dealkylation sites (tertiary alicyclic amines) is 1. The number of carboxylic acids is 1. The molecule has 1 atom stereocenters. The Bertz CT molecular complexity index is 1180. The van der Waals surface area contributed by atoms with Gasteiger partial charge < -0.3 is 21.5 Å². The van der Waals surface area contributed by atoms with Crippen LogP contribution >= 0.6 is 0 Å². The lowest BCUT2D eigenvalue weighted by Crippen LogP contribution is -2.50. The first-order chi connectivity index (χ1) is 17.8. The minimum atomic E-state index is -1.05. The molecule has 194 valence electrons. The highest BCUT2D eigenvalue weighted by molar-refractivity contribution is 5.97. The second-order valence-corrected chi connectivity index (χ2v) is 8.58. The SMILES string of the molecule is NC[C@H](NC(=O)c1ccc(C#Cc2ccc(NC(=O)CN3CCC(C(=O)O)CC3)cc2)cc1)C(=O)NO. The largest absolute Gasteiger partial charge is 0.481 e. The van der Waals surface area contributed by atoms with E-state index in [0.29, 0.717) is 42.7 Å². The second kappa shape index (κ2) is 13.2. The predicted octanol–water partition coefficient (Wildman–Crippen LogP) is 0.384. The zero-order chi connectivity index (χ0) is 26.8. The molecule has 37 heavy (non-hydrogen) atoms. The molecule has 0 unspecified atom stereocenters. The van der Waals surface area contributed by atoms with Crippen molar-refractivity contribution in [3.05, 3.63) is 65.2 Å². The standard InChI is InChI=1S/C26H29N5O6/c27-15-22(25(34)30-37)29-24(33)19-7-3-17(4-8-19)1-2-18-5-9-21(10-6-18)28-23(32)16-31-13-11-20(12-14-31)26(35)36/h3-10,20,22,37H,11-16,27H2,(H,28,32)(H,29,33)(H,30,34)(H,35,36)/t22-/m0/s1. The zero-order valence-corrected chi connectivity index (χ0v) is 20.1. The van der Waals surface area contributed by atoms with Crippen LogP contribution in [0.5, 0.6) is 0 Å². The van der Waals surface area contributed by atoms with Crippen LogP contribution in [-0.4, -0.2) is 71.1 Å². The number of piperidine rings is 1. The number of rotatable bonds is 8.